The molecule has 2 aliphatic heterocycles. The van der Waals surface area contributed by atoms with E-state index in [9.17, 15) is 24.3 Å². The molecule has 0 bridgehead atoms. The molecule has 294 valence electrons. The first kappa shape index (κ1) is 38.4. The number of carbonyl (C=O) groups excluding carboxylic acids is 3. The second-order valence-electron chi connectivity index (χ2n) is 15.4. The van der Waals surface area contributed by atoms with Crippen molar-refractivity contribution in [2.45, 2.75) is 120 Å². The molecule has 5 atom stereocenters. The van der Waals surface area contributed by atoms with Crippen LogP contribution >= 0.6 is 11.3 Å². The number of carboxylic acid groups (broad SMARTS) is 1. The molecule has 3 aromatic rings. The highest BCUT2D eigenvalue weighted by atomic mass is 32.1. The number of rotatable bonds is 9. The van der Waals surface area contributed by atoms with E-state index in [0.717, 1.165) is 50.1 Å². The number of ether oxygens (including phenoxy) is 3. The van der Waals surface area contributed by atoms with Gasteiger partial charge in [-0.05, 0) is 77.3 Å². The Kier molecular flexibility index (Phi) is 11.5. The van der Waals surface area contributed by atoms with Gasteiger partial charge in [0, 0.05) is 41.3 Å². The van der Waals surface area contributed by atoms with Crippen molar-refractivity contribution in [1.82, 2.24) is 25.5 Å². The van der Waals surface area contributed by atoms with Crippen LogP contribution in [-0.4, -0.2) is 93.4 Å². The highest BCUT2D eigenvalue weighted by Gasteiger charge is 2.61. The predicted molar refractivity (Wildman–Crippen MR) is 207 cm³/mol. The lowest BCUT2D eigenvalue weighted by molar-refractivity contribution is -0.145. The number of hydrogen-bond donors (Lipinski definition) is 4. The lowest BCUT2D eigenvalue weighted by Gasteiger charge is -2.29. The van der Waals surface area contributed by atoms with Crippen molar-refractivity contribution >= 4 is 51.2 Å². The monoisotopic (exact) mass is 774 g/mol. The molecule has 1 aromatic carbocycles. The lowest BCUT2D eigenvalue weighted by Crippen LogP contribution is -2.56. The van der Waals surface area contributed by atoms with E-state index in [0.29, 0.717) is 46.6 Å². The van der Waals surface area contributed by atoms with Gasteiger partial charge in [0.1, 0.15) is 47.0 Å². The molecule has 4 aliphatic rings. The van der Waals surface area contributed by atoms with E-state index >= 15 is 0 Å². The summed E-state index contributed by atoms with van der Waals surface area (Å²) in [6.45, 7) is 4.11. The SMILES string of the molecule is COc1ccc2c(O[C@@H]3C[C@H]4C(=O)N[C@]5(C(=O)O)C[C@@H]5/C=C\CCCCC[C@@H](NC(=O)OC5CCCC5)C(=O)N4C3)cc(-c3csc(NC(C)C)n3)nc2c1. The van der Waals surface area contributed by atoms with Crippen molar-refractivity contribution < 1.29 is 38.5 Å². The average Bonchev–Trinajstić information content (AvgIpc) is 3.58. The van der Waals surface area contributed by atoms with Crippen LogP contribution in [0, 0.1) is 5.92 Å². The third kappa shape index (κ3) is 8.66. The zero-order valence-corrected chi connectivity index (χ0v) is 32.4. The van der Waals surface area contributed by atoms with Gasteiger partial charge >= 0.3 is 12.1 Å². The number of hydrogen-bond acceptors (Lipinski definition) is 11. The van der Waals surface area contributed by atoms with Gasteiger partial charge in [-0.15, -0.1) is 11.3 Å². The van der Waals surface area contributed by atoms with E-state index in [4.69, 9.17) is 24.2 Å². The standard InChI is InChI=1S/C40H50N6O8S/c1-23(2)41-38-43-32(22-55-38)31-19-34(28-16-15-26(52-3)17-30(28)42-31)53-27-18-33-35(47)45-40(37(49)50)20-24(40)11-7-5-4-6-8-14-29(36(48)46(33)21-27)44-39(51)54-25-12-9-10-13-25/h7,11,15-17,19,22-25,27,29,33H,4-6,8-10,12-14,18,20-21H2,1-3H3,(H,41,43)(H,44,51)(H,45,47)(H,49,50)/b11-7-/t24-,27+,29+,33-,40+/m0/s1. The minimum atomic E-state index is -1.45. The third-order valence-electron chi connectivity index (χ3n) is 10.9. The zero-order chi connectivity index (χ0) is 38.7. The van der Waals surface area contributed by atoms with Gasteiger partial charge in [0.15, 0.2) is 5.13 Å². The van der Waals surface area contributed by atoms with E-state index in [1.807, 2.05) is 55.6 Å². The number of carbonyl (C=O) groups is 4. The largest absolute Gasteiger partial charge is 0.497 e. The smallest absolute Gasteiger partial charge is 0.408 e. The summed E-state index contributed by atoms with van der Waals surface area (Å²) in [5.41, 5.74) is 0.394. The maximum Gasteiger partial charge on any atom is 0.408 e. The number of pyridine rings is 1. The molecule has 4 N–H and O–H groups in total. The third-order valence-corrected chi connectivity index (χ3v) is 11.7. The van der Waals surface area contributed by atoms with Gasteiger partial charge in [0.25, 0.3) is 0 Å². The number of aliphatic carboxylic acids is 1. The van der Waals surface area contributed by atoms with Crippen LogP contribution in [0.4, 0.5) is 9.93 Å². The van der Waals surface area contributed by atoms with E-state index in [2.05, 4.69) is 16.0 Å². The molecule has 2 aliphatic carbocycles. The van der Waals surface area contributed by atoms with Gasteiger partial charge in [0.2, 0.25) is 11.8 Å². The number of methoxy groups -OCH3 is 1. The molecule has 2 saturated carbocycles. The Morgan fingerprint density at radius 1 is 1.04 bits per heavy atom. The summed E-state index contributed by atoms with van der Waals surface area (Å²) in [6, 6.07) is 5.50. The van der Waals surface area contributed by atoms with E-state index in [1.165, 1.54) is 16.2 Å². The minimum absolute atomic E-state index is 0.0324. The molecule has 7 rings (SSSR count). The lowest BCUT2D eigenvalue weighted by atomic mass is 10.0. The summed E-state index contributed by atoms with van der Waals surface area (Å²) in [4.78, 5) is 65.5. The molecule has 55 heavy (non-hydrogen) atoms. The van der Waals surface area contributed by atoms with E-state index in [1.54, 1.807) is 7.11 Å². The number of nitrogens with zero attached hydrogens (tertiary/aromatic N) is 3. The molecule has 2 aromatic heterocycles. The van der Waals surface area contributed by atoms with Crippen LogP contribution in [0.5, 0.6) is 11.5 Å². The highest BCUT2D eigenvalue weighted by Crippen LogP contribution is 2.45. The number of thiazole rings is 1. The van der Waals surface area contributed by atoms with Gasteiger partial charge in [-0.25, -0.2) is 19.6 Å². The molecule has 0 unspecified atom stereocenters. The second-order valence-corrected chi connectivity index (χ2v) is 16.2. The molecule has 3 amide bonds. The van der Waals surface area contributed by atoms with Crippen LogP contribution in [0.1, 0.15) is 84.5 Å². The fourth-order valence-corrected chi connectivity index (χ4v) is 8.75. The normalized spacial score (nSPS) is 26.7. The van der Waals surface area contributed by atoms with Gasteiger partial charge in [-0.3, -0.25) is 9.59 Å². The predicted octanol–water partition coefficient (Wildman–Crippen LogP) is 6.05. The molecule has 4 heterocycles. The van der Waals surface area contributed by atoms with E-state index < -0.39 is 47.6 Å². The highest BCUT2D eigenvalue weighted by molar-refractivity contribution is 7.14. The van der Waals surface area contributed by atoms with Crippen molar-refractivity contribution in [3.8, 4) is 22.9 Å². The maximum atomic E-state index is 14.5. The number of fused-ring (bicyclic) bond motifs is 3. The Hall–Kier alpha value is -4.92. The van der Waals surface area contributed by atoms with Crippen LogP contribution < -0.4 is 25.4 Å². The van der Waals surface area contributed by atoms with Crippen LogP contribution in [0.3, 0.4) is 0 Å². The van der Waals surface area contributed by atoms with Crippen molar-refractivity contribution in [2.75, 3.05) is 19.0 Å². The number of alkyl carbamates (subject to hydrolysis) is 1. The Bertz CT molecular complexity index is 1940. The summed E-state index contributed by atoms with van der Waals surface area (Å²) < 4.78 is 17.9. The summed E-state index contributed by atoms with van der Waals surface area (Å²) in [5.74, 6) is -1.37. The maximum absolute atomic E-state index is 14.5. The quantitative estimate of drug-likeness (QED) is 0.186. The van der Waals surface area contributed by atoms with Gasteiger partial charge in [-0.1, -0.05) is 25.0 Å². The number of benzene rings is 1. The molecule has 1 saturated heterocycles. The van der Waals surface area contributed by atoms with Crippen molar-refractivity contribution in [3.05, 3.63) is 41.8 Å². The molecular formula is C40H50N6O8S. The number of amides is 3. The molecule has 14 nitrogen and oxygen atoms in total. The Balaban J connectivity index is 1.20. The number of carboxylic acids is 1. The Morgan fingerprint density at radius 3 is 2.60 bits per heavy atom. The van der Waals surface area contributed by atoms with Crippen LogP contribution in [0.2, 0.25) is 0 Å². The van der Waals surface area contributed by atoms with Crippen LogP contribution in [0.25, 0.3) is 22.3 Å². The second kappa shape index (κ2) is 16.4. The summed E-state index contributed by atoms with van der Waals surface area (Å²) >= 11 is 1.47. The fraction of sp³-hybridized carbons (Fsp3) is 0.550. The zero-order valence-electron chi connectivity index (χ0n) is 31.5. The summed E-state index contributed by atoms with van der Waals surface area (Å²) in [6.07, 6.45) is 9.71. The molecule has 15 heteroatoms. The molecule has 3 fully saturated rings. The Labute approximate surface area is 324 Å². The number of anilines is 1. The number of aromatic nitrogens is 2. The first-order valence-corrected chi connectivity index (χ1v) is 20.3. The van der Waals surface area contributed by atoms with Crippen LogP contribution in [-0.2, 0) is 19.1 Å². The van der Waals surface area contributed by atoms with Crippen molar-refractivity contribution in [2.24, 2.45) is 5.92 Å². The van der Waals surface area contributed by atoms with E-state index in [-0.39, 0.29) is 37.5 Å². The van der Waals surface area contributed by atoms with Gasteiger partial charge in [0.05, 0.1) is 24.9 Å². The van der Waals surface area contributed by atoms with Crippen molar-refractivity contribution in [3.63, 3.8) is 0 Å². The van der Waals surface area contributed by atoms with Gasteiger partial charge < -0.3 is 40.2 Å². The first-order valence-electron chi connectivity index (χ1n) is 19.4. The Morgan fingerprint density at radius 2 is 1.84 bits per heavy atom. The number of nitrogens with one attached hydrogen (secondary N) is 3. The number of allylic oxidation sites excluding steroid dienone is 1. The molecule has 0 radical (unpaired) electrons. The van der Waals surface area contributed by atoms with Crippen LogP contribution in [0.15, 0.2) is 41.8 Å². The van der Waals surface area contributed by atoms with Gasteiger partial charge in [-0.2, -0.15) is 0 Å². The topological polar surface area (TPSA) is 181 Å². The molecular weight excluding hydrogens is 725 g/mol. The fourth-order valence-electron chi connectivity index (χ4n) is 7.90. The average molecular weight is 775 g/mol. The van der Waals surface area contributed by atoms with Crippen molar-refractivity contribution in [1.29, 1.82) is 0 Å². The summed E-state index contributed by atoms with van der Waals surface area (Å²) in [5, 5.41) is 22.6. The molecule has 0 spiro atoms. The summed E-state index contributed by atoms with van der Waals surface area (Å²) in [7, 11) is 1.58. The minimum Gasteiger partial charge on any atom is -0.497 e. The first-order chi connectivity index (χ1) is 26.5.